The molecular formula is C11H11N3O. The molecule has 0 saturated heterocycles. The number of rotatable bonds is 2. The van der Waals surface area contributed by atoms with Gasteiger partial charge in [0.25, 0.3) is 5.56 Å². The van der Waals surface area contributed by atoms with E-state index < -0.39 is 0 Å². The maximum absolute atomic E-state index is 11.4. The van der Waals surface area contributed by atoms with E-state index in [1.165, 1.54) is 0 Å². The van der Waals surface area contributed by atoms with Crippen molar-refractivity contribution in [3.8, 4) is 0 Å². The fourth-order valence-corrected chi connectivity index (χ4v) is 1.39. The molecule has 0 bridgehead atoms. The number of H-pyrrole nitrogens is 1. The molecule has 0 spiro atoms. The Morgan fingerprint density at radius 3 is 3.00 bits per heavy atom. The van der Waals surface area contributed by atoms with Gasteiger partial charge < -0.3 is 0 Å². The highest BCUT2D eigenvalue weighted by atomic mass is 16.1. The number of aromatic nitrogens is 3. The third kappa shape index (κ3) is 2.28. The van der Waals surface area contributed by atoms with Gasteiger partial charge in [-0.2, -0.15) is 5.10 Å². The minimum absolute atomic E-state index is 0.147. The summed E-state index contributed by atoms with van der Waals surface area (Å²) < 4.78 is 0. The van der Waals surface area contributed by atoms with E-state index in [-0.39, 0.29) is 5.56 Å². The fourth-order valence-electron chi connectivity index (χ4n) is 1.39. The largest absolute Gasteiger partial charge is 0.268 e. The number of hydrogen-bond donors (Lipinski definition) is 1. The summed E-state index contributed by atoms with van der Waals surface area (Å²) in [6.45, 7) is 1.85. The maximum Gasteiger partial charge on any atom is 0.267 e. The summed E-state index contributed by atoms with van der Waals surface area (Å²) in [6, 6.07) is 7.44. The third-order valence-electron chi connectivity index (χ3n) is 2.11. The zero-order chi connectivity index (χ0) is 10.7. The number of nitrogens with zero attached hydrogens (tertiary/aromatic N) is 2. The minimum Gasteiger partial charge on any atom is -0.268 e. The summed E-state index contributed by atoms with van der Waals surface area (Å²) in [6.07, 6.45) is 2.26. The van der Waals surface area contributed by atoms with Gasteiger partial charge in [-0.1, -0.05) is 6.07 Å². The summed E-state index contributed by atoms with van der Waals surface area (Å²) in [5.41, 5.74) is 2.24. The molecule has 0 unspecified atom stereocenters. The van der Waals surface area contributed by atoms with Gasteiger partial charge in [0, 0.05) is 23.9 Å². The van der Waals surface area contributed by atoms with Crippen LogP contribution >= 0.6 is 0 Å². The van der Waals surface area contributed by atoms with E-state index >= 15 is 0 Å². The van der Waals surface area contributed by atoms with Crippen LogP contribution in [0.1, 0.15) is 17.0 Å². The molecular weight excluding hydrogens is 190 g/mol. The number of aromatic amines is 1. The van der Waals surface area contributed by atoms with Crippen LogP contribution < -0.4 is 5.56 Å². The van der Waals surface area contributed by atoms with E-state index in [0.29, 0.717) is 12.0 Å². The average Bonchev–Trinajstić information content (AvgIpc) is 2.25. The van der Waals surface area contributed by atoms with Crippen LogP contribution in [-0.2, 0) is 6.42 Å². The summed E-state index contributed by atoms with van der Waals surface area (Å²) in [4.78, 5) is 15.6. The first-order valence-electron chi connectivity index (χ1n) is 4.71. The molecule has 2 heterocycles. The van der Waals surface area contributed by atoms with Crippen molar-refractivity contribution in [1.82, 2.24) is 15.2 Å². The van der Waals surface area contributed by atoms with Crippen molar-refractivity contribution < 1.29 is 0 Å². The molecule has 0 saturated carbocycles. The van der Waals surface area contributed by atoms with Crippen molar-refractivity contribution in [3.05, 3.63) is 57.8 Å². The molecule has 76 valence electrons. The van der Waals surface area contributed by atoms with Crippen LogP contribution in [0.2, 0.25) is 0 Å². The molecule has 0 fully saturated rings. The minimum atomic E-state index is -0.147. The van der Waals surface area contributed by atoms with E-state index in [1.54, 1.807) is 12.3 Å². The Labute approximate surface area is 87.0 Å². The molecule has 2 aromatic heterocycles. The smallest absolute Gasteiger partial charge is 0.267 e. The molecule has 0 amide bonds. The van der Waals surface area contributed by atoms with Gasteiger partial charge in [0.15, 0.2) is 0 Å². The highest BCUT2D eigenvalue weighted by Gasteiger charge is 2.02. The van der Waals surface area contributed by atoms with Crippen LogP contribution in [-0.4, -0.2) is 15.2 Å². The molecule has 1 N–H and O–H groups in total. The van der Waals surface area contributed by atoms with E-state index in [2.05, 4.69) is 15.2 Å². The highest BCUT2D eigenvalue weighted by Crippen LogP contribution is 2.02. The predicted octanol–water partition coefficient (Wildman–Crippen LogP) is 1.06. The third-order valence-corrected chi connectivity index (χ3v) is 2.11. The Bertz CT molecular complexity index is 505. The van der Waals surface area contributed by atoms with Gasteiger partial charge in [-0.15, -0.1) is 0 Å². The van der Waals surface area contributed by atoms with Crippen molar-refractivity contribution >= 4 is 0 Å². The van der Waals surface area contributed by atoms with Crippen LogP contribution in [0.3, 0.4) is 0 Å². The lowest BCUT2D eigenvalue weighted by Crippen LogP contribution is -2.15. The van der Waals surface area contributed by atoms with Gasteiger partial charge in [-0.25, -0.2) is 5.10 Å². The number of hydrogen-bond acceptors (Lipinski definition) is 3. The highest BCUT2D eigenvalue weighted by molar-refractivity contribution is 5.19. The van der Waals surface area contributed by atoms with Crippen molar-refractivity contribution in [1.29, 1.82) is 0 Å². The monoisotopic (exact) mass is 201 g/mol. The molecule has 0 aliphatic heterocycles. The number of pyridine rings is 1. The Balaban J connectivity index is 2.32. The molecule has 15 heavy (non-hydrogen) atoms. The SMILES string of the molecule is Cc1cc(Cc2ccccn2)c(=O)[nH]n1. The molecule has 0 aliphatic carbocycles. The van der Waals surface area contributed by atoms with Gasteiger partial charge in [0.2, 0.25) is 0 Å². The van der Waals surface area contributed by atoms with Gasteiger partial charge in [0.05, 0.1) is 5.69 Å². The standard InChI is InChI=1S/C11H11N3O/c1-8-6-9(11(15)14-13-8)7-10-4-2-3-5-12-10/h2-6H,7H2,1H3,(H,14,15). The van der Waals surface area contributed by atoms with Gasteiger partial charge in [-0.05, 0) is 25.1 Å². The molecule has 2 aromatic rings. The van der Waals surface area contributed by atoms with Crippen LogP contribution in [0.4, 0.5) is 0 Å². The Kier molecular flexibility index (Phi) is 2.58. The zero-order valence-corrected chi connectivity index (χ0v) is 8.40. The molecule has 4 heteroatoms. The second kappa shape index (κ2) is 4.04. The maximum atomic E-state index is 11.4. The first kappa shape index (κ1) is 9.58. The Morgan fingerprint density at radius 1 is 1.40 bits per heavy atom. The van der Waals surface area contributed by atoms with Gasteiger partial charge in [0.1, 0.15) is 0 Å². The number of nitrogens with one attached hydrogen (secondary N) is 1. The zero-order valence-electron chi connectivity index (χ0n) is 8.40. The van der Waals surface area contributed by atoms with E-state index in [4.69, 9.17) is 0 Å². The normalized spacial score (nSPS) is 10.2. The average molecular weight is 201 g/mol. The van der Waals surface area contributed by atoms with Crippen molar-refractivity contribution in [2.24, 2.45) is 0 Å². The summed E-state index contributed by atoms with van der Waals surface area (Å²) in [7, 11) is 0. The van der Waals surface area contributed by atoms with E-state index in [9.17, 15) is 4.79 Å². The summed E-state index contributed by atoms with van der Waals surface area (Å²) in [5.74, 6) is 0. The lowest BCUT2D eigenvalue weighted by atomic mass is 10.1. The second-order valence-corrected chi connectivity index (χ2v) is 3.36. The summed E-state index contributed by atoms with van der Waals surface area (Å²) >= 11 is 0. The lowest BCUT2D eigenvalue weighted by Gasteiger charge is -2.00. The van der Waals surface area contributed by atoms with Crippen LogP contribution in [0.5, 0.6) is 0 Å². The van der Waals surface area contributed by atoms with Crippen molar-refractivity contribution in [2.45, 2.75) is 13.3 Å². The van der Waals surface area contributed by atoms with Crippen LogP contribution in [0.15, 0.2) is 35.3 Å². The Hall–Kier alpha value is -1.97. The van der Waals surface area contributed by atoms with Crippen LogP contribution in [0, 0.1) is 6.92 Å². The fraction of sp³-hybridized carbons (Fsp3) is 0.182. The number of aryl methyl sites for hydroxylation is 1. The second-order valence-electron chi connectivity index (χ2n) is 3.36. The molecule has 0 radical (unpaired) electrons. The van der Waals surface area contributed by atoms with Crippen molar-refractivity contribution in [2.75, 3.05) is 0 Å². The van der Waals surface area contributed by atoms with E-state index in [0.717, 1.165) is 11.4 Å². The summed E-state index contributed by atoms with van der Waals surface area (Å²) in [5, 5.41) is 6.28. The molecule has 2 rings (SSSR count). The topological polar surface area (TPSA) is 58.6 Å². The molecule has 0 aromatic carbocycles. The quantitative estimate of drug-likeness (QED) is 0.790. The lowest BCUT2D eigenvalue weighted by molar-refractivity contribution is 0.905. The molecule has 0 aliphatic rings. The van der Waals surface area contributed by atoms with Crippen molar-refractivity contribution in [3.63, 3.8) is 0 Å². The predicted molar refractivity (Wildman–Crippen MR) is 56.6 cm³/mol. The van der Waals surface area contributed by atoms with E-state index in [1.807, 2.05) is 25.1 Å². The Morgan fingerprint density at radius 2 is 2.27 bits per heavy atom. The first-order chi connectivity index (χ1) is 7.25. The van der Waals surface area contributed by atoms with Gasteiger partial charge >= 0.3 is 0 Å². The van der Waals surface area contributed by atoms with Gasteiger partial charge in [-0.3, -0.25) is 9.78 Å². The van der Waals surface area contributed by atoms with Crippen LogP contribution in [0.25, 0.3) is 0 Å². The molecule has 0 atom stereocenters. The first-order valence-corrected chi connectivity index (χ1v) is 4.71. The molecule has 4 nitrogen and oxygen atoms in total.